The Morgan fingerprint density at radius 3 is 2.82 bits per heavy atom. The van der Waals surface area contributed by atoms with E-state index in [1.54, 1.807) is 0 Å². The van der Waals surface area contributed by atoms with Crippen molar-refractivity contribution in [3.05, 3.63) is 39.2 Å². The molecule has 2 aromatic rings. The van der Waals surface area contributed by atoms with Gasteiger partial charge in [0.1, 0.15) is 11.7 Å². The van der Waals surface area contributed by atoms with Crippen LogP contribution in [0, 0.1) is 31.1 Å². The third kappa shape index (κ3) is 2.37. The fourth-order valence-electron chi connectivity index (χ4n) is 3.49. The van der Waals surface area contributed by atoms with Crippen molar-refractivity contribution in [2.75, 3.05) is 18.0 Å². The first kappa shape index (κ1) is 14.6. The number of anilines is 1. The van der Waals surface area contributed by atoms with Crippen molar-refractivity contribution in [3.8, 4) is 6.07 Å². The van der Waals surface area contributed by atoms with E-state index in [9.17, 15) is 10.1 Å². The normalized spacial score (nSPS) is 18.5. The molecule has 0 aliphatic carbocycles. The fourth-order valence-corrected chi connectivity index (χ4v) is 3.49. The summed E-state index contributed by atoms with van der Waals surface area (Å²) in [5, 5.41) is 10.4. The summed E-state index contributed by atoms with van der Waals surface area (Å²) in [6.07, 6.45) is 2.27. The van der Waals surface area contributed by atoms with Crippen molar-refractivity contribution in [2.45, 2.75) is 33.6 Å². The van der Waals surface area contributed by atoms with E-state index in [4.69, 9.17) is 4.42 Å². The van der Waals surface area contributed by atoms with Gasteiger partial charge in [0.05, 0.1) is 5.69 Å². The molecule has 0 spiro atoms. The molecule has 1 aromatic carbocycles. The van der Waals surface area contributed by atoms with Crippen LogP contribution in [0.4, 0.5) is 5.69 Å². The Labute approximate surface area is 130 Å². The molecule has 1 unspecified atom stereocenters. The number of hydrogen-bond donors (Lipinski definition) is 0. The zero-order valence-corrected chi connectivity index (χ0v) is 13.3. The standard InChI is InChI=1S/C18H20N2O2/c1-11-5-4-6-20(10-11)17-14(9-19)18(21)22-15-8-12(2)7-13(3)16(15)17/h7-8,11H,4-6,10H2,1-3H3. The number of fused-ring (bicyclic) bond motifs is 1. The molecule has 0 N–H and O–H groups in total. The molecule has 2 heterocycles. The summed E-state index contributed by atoms with van der Waals surface area (Å²) < 4.78 is 5.40. The van der Waals surface area contributed by atoms with Crippen LogP contribution >= 0.6 is 0 Å². The highest BCUT2D eigenvalue weighted by atomic mass is 16.4. The van der Waals surface area contributed by atoms with Crippen LogP contribution in [0.15, 0.2) is 21.3 Å². The number of piperidine rings is 1. The molecule has 4 nitrogen and oxygen atoms in total. The molecule has 1 aliphatic rings. The van der Waals surface area contributed by atoms with E-state index in [2.05, 4.69) is 24.0 Å². The number of benzene rings is 1. The van der Waals surface area contributed by atoms with E-state index in [1.807, 2.05) is 19.9 Å². The second-order valence-electron chi connectivity index (χ2n) is 6.37. The van der Waals surface area contributed by atoms with E-state index in [0.717, 1.165) is 41.7 Å². The Kier molecular flexibility index (Phi) is 3.66. The van der Waals surface area contributed by atoms with E-state index >= 15 is 0 Å². The van der Waals surface area contributed by atoms with Crippen LogP contribution in [-0.4, -0.2) is 13.1 Å². The SMILES string of the molecule is Cc1cc(C)c2c(N3CCCC(C)C3)c(C#N)c(=O)oc2c1. The highest BCUT2D eigenvalue weighted by Crippen LogP contribution is 2.34. The van der Waals surface area contributed by atoms with Gasteiger partial charge >= 0.3 is 5.63 Å². The lowest BCUT2D eigenvalue weighted by Crippen LogP contribution is -2.35. The van der Waals surface area contributed by atoms with Crippen LogP contribution < -0.4 is 10.5 Å². The van der Waals surface area contributed by atoms with Gasteiger partial charge in [0.15, 0.2) is 5.56 Å². The van der Waals surface area contributed by atoms with Crippen molar-refractivity contribution in [1.82, 2.24) is 0 Å². The van der Waals surface area contributed by atoms with Gasteiger partial charge in [0.2, 0.25) is 0 Å². The summed E-state index contributed by atoms with van der Waals surface area (Å²) in [7, 11) is 0. The lowest BCUT2D eigenvalue weighted by molar-refractivity contribution is 0.446. The van der Waals surface area contributed by atoms with Crippen molar-refractivity contribution in [1.29, 1.82) is 5.26 Å². The van der Waals surface area contributed by atoms with E-state index in [-0.39, 0.29) is 5.56 Å². The molecule has 1 saturated heterocycles. The van der Waals surface area contributed by atoms with Crippen molar-refractivity contribution in [2.24, 2.45) is 5.92 Å². The molecule has 3 rings (SSSR count). The molecular weight excluding hydrogens is 276 g/mol. The zero-order valence-electron chi connectivity index (χ0n) is 13.3. The number of aryl methyl sites for hydroxylation is 2. The summed E-state index contributed by atoms with van der Waals surface area (Å²) >= 11 is 0. The van der Waals surface area contributed by atoms with Crippen molar-refractivity contribution in [3.63, 3.8) is 0 Å². The Bertz CT molecular complexity index is 830. The van der Waals surface area contributed by atoms with E-state index in [0.29, 0.717) is 11.5 Å². The summed E-state index contributed by atoms with van der Waals surface area (Å²) in [6, 6.07) is 6.01. The summed E-state index contributed by atoms with van der Waals surface area (Å²) in [5.74, 6) is 0.563. The first-order chi connectivity index (χ1) is 10.5. The Balaban J connectivity index is 2.34. The maximum atomic E-state index is 12.2. The van der Waals surface area contributed by atoms with Gasteiger partial charge in [0.25, 0.3) is 0 Å². The van der Waals surface area contributed by atoms with Gasteiger partial charge < -0.3 is 9.32 Å². The first-order valence-electron chi connectivity index (χ1n) is 7.74. The Morgan fingerprint density at radius 2 is 2.14 bits per heavy atom. The van der Waals surface area contributed by atoms with Gasteiger partial charge in [-0.05, 0) is 49.8 Å². The summed E-state index contributed by atoms with van der Waals surface area (Å²) in [4.78, 5) is 14.4. The maximum absolute atomic E-state index is 12.2. The second-order valence-corrected chi connectivity index (χ2v) is 6.37. The number of rotatable bonds is 1. The third-order valence-electron chi connectivity index (χ3n) is 4.41. The topological polar surface area (TPSA) is 57.2 Å². The smallest absolute Gasteiger partial charge is 0.356 e. The van der Waals surface area contributed by atoms with Crippen LogP contribution in [0.1, 0.15) is 36.5 Å². The molecule has 1 atom stereocenters. The molecule has 1 fully saturated rings. The van der Waals surface area contributed by atoms with Crippen molar-refractivity contribution >= 4 is 16.7 Å². The van der Waals surface area contributed by atoms with Gasteiger partial charge in [-0.3, -0.25) is 0 Å². The number of nitriles is 1. The lowest BCUT2D eigenvalue weighted by atomic mass is 9.97. The predicted molar refractivity (Wildman–Crippen MR) is 87.3 cm³/mol. The predicted octanol–water partition coefficient (Wildman–Crippen LogP) is 3.52. The minimum absolute atomic E-state index is 0.133. The molecule has 0 radical (unpaired) electrons. The molecule has 114 valence electrons. The molecule has 0 bridgehead atoms. The second kappa shape index (κ2) is 5.49. The molecule has 0 amide bonds. The Morgan fingerprint density at radius 1 is 1.36 bits per heavy atom. The van der Waals surface area contributed by atoms with Gasteiger partial charge in [-0.25, -0.2) is 4.79 Å². The highest BCUT2D eigenvalue weighted by molar-refractivity contribution is 5.96. The number of nitrogens with zero attached hydrogens (tertiary/aromatic N) is 2. The molecule has 1 aromatic heterocycles. The minimum Gasteiger partial charge on any atom is -0.422 e. The van der Waals surface area contributed by atoms with Crippen LogP contribution in [0.3, 0.4) is 0 Å². The van der Waals surface area contributed by atoms with Gasteiger partial charge in [-0.1, -0.05) is 13.0 Å². The molecule has 0 saturated carbocycles. The van der Waals surface area contributed by atoms with Gasteiger partial charge in [-0.15, -0.1) is 0 Å². The summed E-state index contributed by atoms with van der Waals surface area (Å²) in [5.41, 5.74) is 3.04. The fraction of sp³-hybridized carbons (Fsp3) is 0.444. The summed E-state index contributed by atoms with van der Waals surface area (Å²) in [6.45, 7) is 7.95. The average molecular weight is 296 g/mol. The third-order valence-corrected chi connectivity index (χ3v) is 4.41. The molecule has 4 heteroatoms. The zero-order chi connectivity index (χ0) is 15.9. The van der Waals surface area contributed by atoms with Crippen molar-refractivity contribution < 1.29 is 4.42 Å². The first-order valence-corrected chi connectivity index (χ1v) is 7.74. The van der Waals surface area contributed by atoms with Gasteiger partial charge in [-0.2, -0.15) is 5.26 Å². The Hall–Kier alpha value is -2.28. The highest BCUT2D eigenvalue weighted by Gasteiger charge is 2.25. The molecular formula is C18H20N2O2. The minimum atomic E-state index is -0.534. The average Bonchev–Trinajstić information content (AvgIpc) is 2.45. The van der Waals surface area contributed by atoms with E-state index < -0.39 is 5.63 Å². The quantitative estimate of drug-likeness (QED) is 0.756. The lowest BCUT2D eigenvalue weighted by Gasteiger charge is -2.34. The van der Waals surface area contributed by atoms with Crippen LogP contribution in [-0.2, 0) is 0 Å². The van der Waals surface area contributed by atoms with Crippen LogP contribution in [0.5, 0.6) is 0 Å². The maximum Gasteiger partial charge on any atom is 0.356 e. The molecule has 1 aliphatic heterocycles. The largest absolute Gasteiger partial charge is 0.422 e. The van der Waals surface area contributed by atoms with Crippen LogP contribution in [0.2, 0.25) is 0 Å². The number of hydrogen-bond acceptors (Lipinski definition) is 4. The van der Waals surface area contributed by atoms with Crippen LogP contribution in [0.25, 0.3) is 11.0 Å². The van der Waals surface area contributed by atoms with Gasteiger partial charge in [0, 0.05) is 18.5 Å². The molecule has 22 heavy (non-hydrogen) atoms. The monoisotopic (exact) mass is 296 g/mol. The van der Waals surface area contributed by atoms with E-state index in [1.165, 1.54) is 6.42 Å².